The summed E-state index contributed by atoms with van der Waals surface area (Å²) in [4.78, 5) is 11.9. The lowest BCUT2D eigenvalue weighted by Gasteiger charge is -2.09. The van der Waals surface area contributed by atoms with Crippen LogP contribution in [0.25, 0.3) is 22.2 Å². The predicted molar refractivity (Wildman–Crippen MR) is 101 cm³/mol. The number of allylic oxidation sites excluding steroid dienone is 2. The van der Waals surface area contributed by atoms with Crippen LogP contribution in [0.2, 0.25) is 0 Å². The molecular weight excluding hydrogens is 367 g/mol. The van der Waals surface area contributed by atoms with Crippen molar-refractivity contribution in [3.63, 3.8) is 0 Å². The van der Waals surface area contributed by atoms with Gasteiger partial charge in [0.1, 0.15) is 0 Å². The van der Waals surface area contributed by atoms with Crippen molar-refractivity contribution in [1.29, 1.82) is 0 Å². The fourth-order valence-electron chi connectivity index (χ4n) is 3.67. The summed E-state index contributed by atoms with van der Waals surface area (Å²) in [6.07, 6.45) is 2.75. The van der Waals surface area contributed by atoms with E-state index in [0.717, 1.165) is 47.9 Å². The van der Waals surface area contributed by atoms with Gasteiger partial charge in [-0.25, -0.2) is 4.79 Å². The first kappa shape index (κ1) is 18.3. The molecule has 0 radical (unpaired) electrons. The fraction of sp³-hybridized carbons (Fsp3) is 0.227. The van der Waals surface area contributed by atoms with Crippen LogP contribution in [-0.4, -0.2) is 17.6 Å². The molecule has 28 heavy (non-hydrogen) atoms. The Morgan fingerprint density at radius 1 is 1.11 bits per heavy atom. The van der Waals surface area contributed by atoms with E-state index < -0.39 is 17.7 Å². The third-order valence-corrected chi connectivity index (χ3v) is 5.09. The average Bonchev–Trinajstić information content (AvgIpc) is 3.34. The van der Waals surface area contributed by atoms with Crippen LogP contribution in [0.3, 0.4) is 0 Å². The molecule has 0 aliphatic heterocycles. The molecule has 1 aliphatic carbocycles. The number of hydrogen-bond donors (Lipinski definition) is 0. The summed E-state index contributed by atoms with van der Waals surface area (Å²) in [5.41, 5.74) is 3.42. The zero-order valence-electron chi connectivity index (χ0n) is 15.2. The Bertz CT molecular complexity index is 1080. The number of benzene rings is 2. The quantitative estimate of drug-likeness (QED) is 0.518. The predicted octanol–water partition coefficient (Wildman–Crippen LogP) is 6.00. The van der Waals surface area contributed by atoms with Gasteiger partial charge >= 0.3 is 12.1 Å². The SMILES string of the molecule is COC(=O)c1ccc2c(c1)c(C1=CCCC1)cn2-c1ccc(C(F)(F)F)cc1. The van der Waals surface area contributed by atoms with E-state index in [9.17, 15) is 18.0 Å². The number of nitrogens with zero attached hydrogens (tertiary/aromatic N) is 1. The van der Waals surface area contributed by atoms with Crippen molar-refractivity contribution in [2.75, 3.05) is 7.11 Å². The van der Waals surface area contributed by atoms with Crippen LogP contribution < -0.4 is 0 Å². The number of ether oxygens (including phenoxy) is 1. The number of hydrogen-bond acceptors (Lipinski definition) is 2. The van der Waals surface area contributed by atoms with Crippen molar-refractivity contribution in [2.45, 2.75) is 25.4 Å². The molecule has 1 heterocycles. The van der Waals surface area contributed by atoms with Crippen molar-refractivity contribution in [2.24, 2.45) is 0 Å². The van der Waals surface area contributed by atoms with E-state index in [1.807, 2.05) is 10.8 Å². The molecule has 144 valence electrons. The van der Waals surface area contributed by atoms with Crippen LogP contribution in [0.4, 0.5) is 13.2 Å². The van der Waals surface area contributed by atoms with Crippen molar-refractivity contribution in [3.05, 3.63) is 71.4 Å². The first-order valence-electron chi connectivity index (χ1n) is 8.99. The summed E-state index contributed by atoms with van der Waals surface area (Å²) >= 11 is 0. The molecule has 1 aliphatic rings. The van der Waals surface area contributed by atoms with Gasteiger partial charge in [-0.3, -0.25) is 0 Å². The second-order valence-corrected chi connectivity index (χ2v) is 6.80. The molecule has 1 aromatic heterocycles. The smallest absolute Gasteiger partial charge is 0.416 e. The maximum Gasteiger partial charge on any atom is 0.416 e. The fourth-order valence-corrected chi connectivity index (χ4v) is 3.67. The Morgan fingerprint density at radius 2 is 1.86 bits per heavy atom. The topological polar surface area (TPSA) is 31.2 Å². The lowest BCUT2D eigenvalue weighted by Crippen LogP contribution is -2.05. The van der Waals surface area contributed by atoms with E-state index in [4.69, 9.17) is 4.74 Å². The molecule has 4 rings (SSSR count). The second kappa shape index (κ2) is 6.86. The van der Waals surface area contributed by atoms with Crippen LogP contribution in [0.1, 0.15) is 40.7 Å². The van der Waals surface area contributed by atoms with Gasteiger partial charge in [-0.1, -0.05) is 6.08 Å². The average molecular weight is 385 g/mol. The number of methoxy groups -OCH3 is 1. The lowest BCUT2D eigenvalue weighted by molar-refractivity contribution is -0.137. The maximum atomic E-state index is 12.9. The van der Waals surface area contributed by atoms with Gasteiger partial charge in [-0.15, -0.1) is 0 Å². The number of carbonyl (C=O) groups is 1. The first-order chi connectivity index (χ1) is 13.4. The number of rotatable bonds is 3. The highest BCUT2D eigenvalue weighted by molar-refractivity contribution is 6.00. The van der Waals surface area contributed by atoms with E-state index in [0.29, 0.717) is 11.3 Å². The number of fused-ring (bicyclic) bond motifs is 1. The molecular formula is C22H18F3NO2. The minimum Gasteiger partial charge on any atom is -0.465 e. The molecule has 0 fully saturated rings. The van der Waals surface area contributed by atoms with Crippen molar-refractivity contribution in [3.8, 4) is 5.69 Å². The monoisotopic (exact) mass is 385 g/mol. The normalized spacial score (nSPS) is 14.4. The highest BCUT2D eigenvalue weighted by Gasteiger charge is 2.30. The van der Waals surface area contributed by atoms with Gasteiger partial charge in [0.15, 0.2) is 0 Å². The van der Waals surface area contributed by atoms with Crippen molar-refractivity contribution >= 4 is 22.4 Å². The van der Waals surface area contributed by atoms with Crippen LogP contribution in [-0.2, 0) is 10.9 Å². The summed E-state index contributed by atoms with van der Waals surface area (Å²) < 4.78 is 45.3. The molecule has 0 saturated carbocycles. The lowest BCUT2D eigenvalue weighted by atomic mass is 10.0. The van der Waals surface area contributed by atoms with Crippen molar-refractivity contribution in [1.82, 2.24) is 4.57 Å². The first-order valence-corrected chi connectivity index (χ1v) is 8.99. The Labute approximate surface area is 160 Å². The van der Waals surface area contributed by atoms with E-state index in [2.05, 4.69) is 6.08 Å². The summed E-state index contributed by atoms with van der Waals surface area (Å²) in [6.45, 7) is 0. The molecule has 2 aromatic carbocycles. The molecule has 3 aromatic rings. The van der Waals surface area contributed by atoms with Gasteiger partial charge < -0.3 is 9.30 Å². The number of aromatic nitrogens is 1. The Hall–Kier alpha value is -3.02. The van der Waals surface area contributed by atoms with Crippen LogP contribution in [0.5, 0.6) is 0 Å². The third kappa shape index (κ3) is 3.19. The highest BCUT2D eigenvalue weighted by atomic mass is 19.4. The molecule has 0 saturated heterocycles. The van der Waals surface area contributed by atoms with Gasteiger partial charge in [-0.05, 0) is 67.3 Å². The summed E-state index contributed by atoms with van der Waals surface area (Å²) in [6, 6.07) is 10.3. The largest absolute Gasteiger partial charge is 0.465 e. The molecule has 0 amide bonds. The Balaban J connectivity index is 1.88. The van der Waals surface area contributed by atoms with Gasteiger partial charge in [-0.2, -0.15) is 13.2 Å². The minimum absolute atomic E-state index is 0.421. The van der Waals surface area contributed by atoms with Gasteiger partial charge in [0.25, 0.3) is 0 Å². The minimum atomic E-state index is -4.37. The van der Waals surface area contributed by atoms with E-state index in [1.165, 1.54) is 24.8 Å². The number of carbonyl (C=O) groups excluding carboxylic acids is 1. The van der Waals surface area contributed by atoms with Gasteiger partial charge in [0.2, 0.25) is 0 Å². The number of alkyl halides is 3. The van der Waals surface area contributed by atoms with Crippen LogP contribution in [0.15, 0.2) is 54.7 Å². The van der Waals surface area contributed by atoms with Crippen LogP contribution in [0, 0.1) is 0 Å². The number of esters is 1. The highest BCUT2D eigenvalue weighted by Crippen LogP contribution is 2.36. The molecule has 0 N–H and O–H groups in total. The molecule has 0 unspecified atom stereocenters. The van der Waals surface area contributed by atoms with Crippen LogP contribution >= 0.6 is 0 Å². The molecule has 3 nitrogen and oxygen atoms in total. The third-order valence-electron chi connectivity index (χ3n) is 5.09. The maximum absolute atomic E-state index is 12.9. The molecule has 0 spiro atoms. The Morgan fingerprint density at radius 3 is 2.46 bits per heavy atom. The van der Waals surface area contributed by atoms with E-state index >= 15 is 0 Å². The number of halogens is 3. The van der Waals surface area contributed by atoms with E-state index in [-0.39, 0.29) is 0 Å². The Kier molecular flexibility index (Phi) is 4.49. The van der Waals surface area contributed by atoms with E-state index in [1.54, 1.807) is 18.2 Å². The molecule has 6 heteroatoms. The standard InChI is InChI=1S/C22H18F3NO2/c1-28-21(27)15-6-11-20-18(12-15)19(14-4-2-3-5-14)13-26(20)17-9-7-16(8-10-17)22(23,24)25/h4,6-13H,2-3,5H2,1H3. The molecule has 0 atom stereocenters. The van der Waals surface area contributed by atoms with Gasteiger partial charge in [0, 0.05) is 22.8 Å². The van der Waals surface area contributed by atoms with Crippen molar-refractivity contribution < 1.29 is 22.7 Å². The molecule has 0 bridgehead atoms. The van der Waals surface area contributed by atoms with Gasteiger partial charge in [0.05, 0.1) is 23.8 Å². The zero-order valence-corrected chi connectivity index (χ0v) is 15.2. The zero-order chi connectivity index (χ0) is 19.9. The summed E-state index contributed by atoms with van der Waals surface area (Å²) in [5, 5.41) is 0.885. The summed E-state index contributed by atoms with van der Waals surface area (Å²) in [7, 11) is 1.33. The summed E-state index contributed by atoms with van der Waals surface area (Å²) in [5.74, 6) is -0.421. The second-order valence-electron chi connectivity index (χ2n) is 6.80.